The van der Waals surface area contributed by atoms with E-state index in [1.807, 2.05) is 30.3 Å². The van der Waals surface area contributed by atoms with Crippen molar-refractivity contribution in [3.63, 3.8) is 0 Å². The lowest BCUT2D eigenvalue weighted by Crippen LogP contribution is -2.46. The maximum Gasteiger partial charge on any atom is 0.231 e. The van der Waals surface area contributed by atoms with Crippen LogP contribution in [0.1, 0.15) is 5.56 Å². The minimum atomic E-state index is 0.0617. The molecule has 1 aromatic heterocycles. The second kappa shape index (κ2) is 8.33. The van der Waals surface area contributed by atoms with Gasteiger partial charge in [-0.3, -0.25) is 4.90 Å². The molecule has 2 N–H and O–H groups in total. The molecule has 3 aromatic rings. The molecule has 3 heterocycles. The van der Waals surface area contributed by atoms with Crippen molar-refractivity contribution in [3.8, 4) is 11.5 Å². The molecule has 156 valence electrons. The maximum atomic E-state index is 9.18. The number of rotatable bonds is 6. The molecule has 5 rings (SSSR count). The Morgan fingerprint density at radius 1 is 0.967 bits per heavy atom. The fourth-order valence-electron chi connectivity index (χ4n) is 3.92. The highest BCUT2D eigenvalue weighted by atomic mass is 16.7. The van der Waals surface area contributed by atoms with Gasteiger partial charge in [0, 0.05) is 44.7 Å². The minimum Gasteiger partial charge on any atom is -0.454 e. The third-order valence-electron chi connectivity index (χ3n) is 5.49. The SMILES string of the molecule is OCCNc1nc(N2CCN(Cc3ccc4c(c3)OCO4)CC2)nc2ccccc12. The molecule has 2 aromatic carbocycles. The molecule has 0 spiro atoms. The number of piperazine rings is 1. The van der Waals surface area contributed by atoms with Gasteiger partial charge in [0.1, 0.15) is 5.82 Å². The lowest BCUT2D eigenvalue weighted by molar-refractivity contribution is 0.174. The van der Waals surface area contributed by atoms with Crippen molar-refractivity contribution in [2.75, 3.05) is 56.3 Å². The van der Waals surface area contributed by atoms with E-state index in [0.717, 1.165) is 66.9 Å². The number of para-hydroxylation sites is 1. The van der Waals surface area contributed by atoms with E-state index in [1.54, 1.807) is 0 Å². The first-order valence-corrected chi connectivity index (χ1v) is 10.3. The Balaban J connectivity index is 1.27. The molecule has 1 saturated heterocycles. The van der Waals surface area contributed by atoms with Crippen LogP contribution >= 0.6 is 0 Å². The highest BCUT2D eigenvalue weighted by molar-refractivity contribution is 5.90. The number of nitrogens with zero attached hydrogens (tertiary/aromatic N) is 4. The number of nitrogens with one attached hydrogen (secondary N) is 1. The second-order valence-corrected chi connectivity index (χ2v) is 7.49. The average Bonchev–Trinajstić information content (AvgIpc) is 3.26. The van der Waals surface area contributed by atoms with Gasteiger partial charge in [-0.15, -0.1) is 0 Å². The van der Waals surface area contributed by atoms with Crippen LogP contribution in [0.25, 0.3) is 10.9 Å². The molecular formula is C22H25N5O3. The molecule has 2 aliphatic heterocycles. The number of fused-ring (bicyclic) bond motifs is 2. The molecule has 0 atom stereocenters. The Kier molecular flexibility index (Phi) is 5.25. The number of benzene rings is 2. The van der Waals surface area contributed by atoms with Crippen molar-refractivity contribution >= 4 is 22.7 Å². The minimum absolute atomic E-state index is 0.0617. The number of ether oxygens (including phenoxy) is 2. The van der Waals surface area contributed by atoms with Crippen LogP contribution in [-0.4, -0.2) is 66.1 Å². The van der Waals surface area contributed by atoms with Gasteiger partial charge < -0.3 is 24.8 Å². The van der Waals surface area contributed by atoms with Crippen molar-refractivity contribution in [2.24, 2.45) is 0 Å². The zero-order valence-corrected chi connectivity index (χ0v) is 16.8. The van der Waals surface area contributed by atoms with Crippen LogP contribution in [0.15, 0.2) is 42.5 Å². The summed E-state index contributed by atoms with van der Waals surface area (Å²) in [5.74, 6) is 3.16. The summed E-state index contributed by atoms with van der Waals surface area (Å²) in [7, 11) is 0. The summed E-state index contributed by atoms with van der Waals surface area (Å²) < 4.78 is 10.9. The van der Waals surface area contributed by atoms with Gasteiger partial charge in [-0.1, -0.05) is 18.2 Å². The molecule has 8 nitrogen and oxygen atoms in total. The van der Waals surface area contributed by atoms with Crippen molar-refractivity contribution in [1.82, 2.24) is 14.9 Å². The van der Waals surface area contributed by atoms with Gasteiger partial charge >= 0.3 is 0 Å². The molecule has 0 unspecified atom stereocenters. The number of aliphatic hydroxyl groups excluding tert-OH is 1. The van der Waals surface area contributed by atoms with Gasteiger partial charge in [-0.2, -0.15) is 4.98 Å². The number of hydrogen-bond donors (Lipinski definition) is 2. The summed E-state index contributed by atoms with van der Waals surface area (Å²) in [4.78, 5) is 14.2. The van der Waals surface area contributed by atoms with Crippen LogP contribution in [0.2, 0.25) is 0 Å². The van der Waals surface area contributed by atoms with Gasteiger partial charge in [0.25, 0.3) is 0 Å². The first-order valence-electron chi connectivity index (χ1n) is 10.3. The zero-order valence-electron chi connectivity index (χ0n) is 16.8. The summed E-state index contributed by atoms with van der Waals surface area (Å²) in [5.41, 5.74) is 2.14. The van der Waals surface area contributed by atoms with Gasteiger partial charge in [0.05, 0.1) is 12.1 Å². The standard InChI is InChI=1S/C22H25N5O3/c28-12-7-23-21-17-3-1-2-4-18(17)24-22(25-21)27-10-8-26(9-11-27)14-16-5-6-19-20(13-16)30-15-29-19/h1-6,13,28H,7-12,14-15H2,(H,23,24,25). The van der Waals surface area contributed by atoms with Gasteiger partial charge in [0.15, 0.2) is 11.5 Å². The average molecular weight is 407 g/mol. The molecule has 0 amide bonds. The van der Waals surface area contributed by atoms with Crippen molar-refractivity contribution in [3.05, 3.63) is 48.0 Å². The van der Waals surface area contributed by atoms with E-state index in [1.165, 1.54) is 5.56 Å². The summed E-state index contributed by atoms with van der Waals surface area (Å²) in [6.07, 6.45) is 0. The Morgan fingerprint density at radius 3 is 2.67 bits per heavy atom. The predicted octanol–water partition coefficient (Wildman–Crippen LogP) is 2.08. The predicted molar refractivity (Wildman–Crippen MR) is 115 cm³/mol. The van der Waals surface area contributed by atoms with E-state index in [-0.39, 0.29) is 6.61 Å². The van der Waals surface area contributed by atoms with E-state index in [0.29, 0.717) is 13.3 Å². The third kappa shape index (κ3) is 3.83. The topological polar surface area (TPSA) is 83.0 Å². The summed E-state index contributed by atoms with van der Waals surface area (Å²) in [6, 6.07) is 14.1. The van der Waals surface area contributed by atoms with Crippen LogP contribution in [0.5, 0.6) is 11.5 Å². The van der Waals surface area contributed by atoms with Crippen molar-refractivity contribution < 1.29 is 14.6 Å². The highest BCUT2D eigenvalue weighted by Crippen LogP contribution is 2.33. The zero-order chi connectivity index (χ0) is 20.3. The normalized spacial score (nSPS) is 16.2. The molecule has 0 bridgehead atoms. The number of aliphatic hydroxyl groups is 1. The maximum absolute atomic E-state index is 9.18. The quantitative estimate of drug-likeness (QED) is 0.643. The lowest BCUT2D eigenvalue weighted by atomic mass is 10.1. The summed E-state index contributed by atoms with van der Waals surface area (Å²) in [5, 5.41) is 13.4. The number of anilines is 2. The van der Waals surface area contributed by atoms with Gasteiger partial charge in [-0.25, -0.2) is 4.98 Å². The smallest absolute Gasteiger partial charge is 0.231 e. The van der Waals surface area contributed by atoms with E-state index in [2.05, 4.69) is 27.2 Å². The monoisotopic (exact) mass is 407 g/mol. The number of aromatic nitrogens is 2. The largest absolute Gasteiger partial charge is 0.454 e. The van der Waals surface area contributed by atoms with Crippen LogP contribution in [-0.2, 0) is 6.54 Å². The molecule has 30 heavy (non-hydrogen) atoms. The first kappa shape index (κ1) is 18.9. The Bertz CT molecular complexity index is 1040. The molecule has 0 aliphatic carbocycles. The number of hydrogen-bond acceptors (Lipinski definition) is 8. The Morgan fingerprint density at radius 2 is 1.80 bits per heavy atom. The van der Waals surface area contributed by atoms with E-state index >= 15 is 0 Å². The highest BCUT2D eigenvalue weighted by Gasteiger charge is 2.21. The summed E-state index contributed by atoms with van der Waals surface area (Å²) >= 11 is 0. The molecular weight excluding hydrogens is 382 g/mol. The van der Waals surface area contributed by atoms with Crippen LogP contribution < -0.4 is 19.7 Å². The van der Waals surface area contributed by atoms with Crippen molar-refractivity contribution in [1.29, 1.82) is 0 Å². The fraction of sp³-hybridized carbons (Fsp3) is 0.364. The van der Waals surface area contributed by atoms with Crippen LogP contribution in [0, 0.1) is 0 Å². The third-order valence-corrected chi connectivity index (χ3v) is 5.49. The van der Waals surface area contributed by atoms with E-state index < -0.39 is 0 Å². The van der Waals surface area contributed by atoms with Gasteiger partial charge in [-0.05, 0) is 29.8 Å². The van der Waals surface area contributed by atoms with Crippen LogP contribution in [0.4, 0.5) is 11.8 Å². The molecule has 0 saturated carbocycles. The Labute approximate surface area is 175 Å². The fourth-order valence-corrected chi connectivity index (χ4v) is 3.92. The van der Waals surface area contributed by atoms with Crippen LogP contribution in [0.3, 0.4) is 0 Å². The van der Waals surface area contributed by atoms with E-state index in [9.17, 15) is 5.11 Å². The molecule has 2 aliphatic rings. The molecule has 0 radical (unpaired) electrons. The van der Waals surface area contributed by atoms with Gasteiger partial charge in [0.2, 0.25) is 12.7 Å². The van der Waals surface area contributed by atoms with Crippen molar-refractivity contribution in [2.45, 2.75) is 6.54 Å². The molecule has 8 heteroatoms. The lowest BCUT2D eigenvalue weighted by Gasteiger charge is -2.35. The first-order chi connectivity index (χ1) is 14.8. The van der Waals surface area contributed by atoms with E-state index in [4.69, 9.17) is 19.4 Å². The molecule has 1 fully saturated rings. The summed E-state index contributed by atoms with van der Waals surface area (Å²) in [6.45, 7) is 5.30. The second-order valence-electron chi connectivity index (χ2n) is 7.49. The Hall–Kier alpha value is -3.10.